The fourth-order valence-electron chi connectivity index (χ4n) is 4.08. The molecule has 0 bridgehead atoms. The number of nitrogens with one attached hydrogen (secondary N) is 1. The summed E-state index contributed by atoms with van der Waals surface area (Å²) in [6.45, 7) is 0. The number of aromatic nitrogens is 2. The first-order chi connectivity index (χ1) is 15.6. The number of hydrogen-bond acceptors (Lipinski definition) is 6. The minimum Gasteiger partial charge on any atom is -0.450 e. The van der Waals surface area contributed by atoms with Gasteiger partial charge in [-0.15, -0.1) is 11.3 Å². The fraction of sp³-hybridized carbons (Fsp3) is 0.524. The number of amides is 1. The molecule has 0 saturated heterocycles. The molecule has 12 heteroatoms. The number of allylic oxidation sites excluding steroid dienone is 1. The Hall–Kier alpha value is -2.89. The van der Waals surface area contributed by atoms with Crippen LogP contribution in [-0.2, 0) is 17.6 Å². The van der Waals surface area contributed by atoms with Crippen LogP contribution in [0.5, 0.6) is 0 Å². The normalized spacial score (nSPS) is 19.8. The summed E-state index contributed by atoms with van der Waals surface area (Å²) in [6, 6.07) is 0. The van der Waals surface area contributed by atoms with Gasteiger partial charge in [-0.1, -0.05) is 11.2 Å². The number of carbonyl (C=O) groups is 2. The second-order valence-corrected chi connectivity index (χ2v) is 9.38. The van der Waals surface area contributed by atoms with Crippen LogP contribution in [0.1, 0.15) is 60.7 Å². The molecule has 0 aliphatic heterocycles. The average Bonchev–Trinajstić information content (AvgIpc) is 3.14. The Bertz CT molecular complexity index is 1080. The largest absolute Gasteiger partial charge is 0.503 e. The standard InChI is InChI=1S/C20H20F3N3O2S.CH2O3/c21-20(22,23)12-7-8-13-14(9-12)29-19(25-17(27)11-3-1-2-4-11)15(13)18-24-16(26-28-18)10-5-6-10;2-1(3)4/h3,10,12H,1-2,4-9H2,(H,25,27);(H2,2,3,4). The van der Waals surface area contributed by atoms with Crippen molar-refractivity contribution in [3.63, 3.8) is 0 Å². The zero-order valence-electron chi connectivity index (χ0n) is 17.4. The summed E-state index contributed by atoms with van der Waals surface area (Å²) in [5, 5.41) is 21.4. The first-order valence-corrected chi connectivity index (χ1v) is 11.4. The summed E-state index contributed by atoms with van der Waals surface area (Å²) in [5.41, 5.74) is 2.13. The van der Waals surface area contributed by atoms with Crippen LogP contribution in [0, 0.1) is 5.92 Å². The van der Waals surface area contributed by atoms with Crippen molar-refractivity contribution in [2.45, 2.75) is 63.5 Å². The molecule has 8 nitrogen and oxygen atoms in total. The number of carboxylic acid groups (broad SMARTS) is 2. The van der Waals surface area contributed by atoms with Gasteiger partial charge in [-0.05, 0) is 56.9 Å². The summed E-state index contributed by atoms with van der Waals surface area (Å²) >= 11 is 1.21. The third kappa shape index (κ3) is 5.37. The van der Waals surface area contributed by atoms with Crippen LogP contribution in [0.2, 0.25) is 0 Å². The first-order valence-electron chi connectivity index (χ1n) is 10.6. The van der Waals surface area contributed by atoms with Crippen molar-refractivity contribution in [2.24, 2.45) is 5.92 Å². The molecule has 1 unspecified atom stereocenters. The number of halogens is 3. The quantitative estimate of drug-likeness (QED) is 0.514. The summed E-state index contributed by atoms with van der Waals surface area (Å²) in [7, 11) is 0. The van der Waals surface area contributed by atoms with Crippen LogP contribution in [-0.4, -0.2) is 38.6 Å². The van der Waals surface area contributed by atoms with Crippen molar-refractivity contribution in [1.29, 1.82) is 0 Å². The van der Waals surface area contributed by atoms with E-state index in [0.29, 0.717) is 33.1 Å². The third-order valence-electron chi connectivity index (χ3n) is 5.89. The third-order valence-corrected chi connectivity index (χ3v) is 7.06. The minimum atomic E-state index is -4.22. The number of hydrogen-bond donors (Lipinski definition) is 3. The monoisotopic (exact) mass is 485 g/mol. The molecule has 1 amide bonds. The molecule has 3 aliphatic rings. The lowest BCUT2D eigenvalue weighted by Gasteiger charge is -2.24. The van der Waals surface area contributed by atoms with E-state index in [1.165, 1.54) is 11.3 Å². The van der Waals surface area contributed by atoms with Crippen molar-refractivity contribution in [3.05, 3.63) is 27.9 Å². The van der Waals surface area contributed by atoms with Crippen LogP contribution in [0.4, 0.5) is 23.0 Å². The molecule has 178 valence electrons. The number of anilines is 1. The highest BCUT2D eigenvalue weighted by atomic mass is 32.1. The molecule has 1 atom stereocenters. The Kier molecular flexibility index (Phi) is 6.46. The van der Waals surface area contributed by atoms with Gasteiger partial charge in [0, 0.05) is 16.4 Å². The molecule has 33 heavy (non-hydrogen) atoms. The SMILES string of the molecule is O=C(Nc1sc2c(c1-c1nc(C3CC3)no1)CCC(C(F)(F)F)C2)C1=CCCC1.O=C(O)O. The van der Waals surface area contributed by atoms with Crippen molar-refractivity contribution in [3.8, 4) is 11.5 Å². The molecule has 1 fully saturated rings. The highest BCUT2D eigenvalue weighted by molar-refractivity contribution is 7.17. The summed E-state index contributed by atoms with van der Waals surface area (Å²) in [5.74, 6) is -0.313. The lowest BCUT2D eigenvalue weighted by molar-refractivity contribution is -0.176. The molecule has 2 heterocycles. The van der Waals surface area contributed by atoms with Gasteiger partial charge in [-0.2, -0.15) is 18.2 Å². The van der Waals surface area contributed by atoms with Gasteiger partial charge in [0.2, 0.25) is 0 Å². The van der Waals surface area contributed by atoms with E-state index in [0.717, 1.165) is 43.2 Å². The number of carbonyl (C=O) groups excluding carboxylic acids is 1. The summed E-state index contributed by atoms with van der Waals surface area (Å²) < 4.78 is 45.3. The van der Waals surface area contributed by atoms with E-state index in [2.05, 4.69) is 15.5 Å². The Labute approximate surface area is 190 Å². The van der Waals surface area contributed by atoms with Gasteiger partial charge in [-0.3, -0.25) is 4.79 Å². The maximum atomic E-state index is 13.3. The molecule has 3 N–H and O–H groups in total. The fourth-order valence-corrected chi connectivity index (χ4v) is 5.40. The predicted molar refractivity (Wildman–Crippen MR) is 112 cm³/mol. The smallest absolute Gasteiger partial charge is 0.450 e. The van der Waals surface area contributed by atoms with Gasteiger partial charge in [0.25, 0.3) is 11.8 Å². The van der Waals surface area contributed by atoms with Crippen LogP contribution in [0.3, 0.4) is 0 Å². The average molecular weight is 485 g/mol. The minimum absolute atomic E-state index is 0.0302. The molecule has 2 aromatic rings. The lowest BCUT2D eigenvalue weighted by atomic mass is 9.86. The highest BCUT2D eigenvalue weighted by Crippen LogP contribution is 2.48. The molecule has 2 aromatic heterocycles. The van der Waals surface area contributed by atoms with Crippen LogP contribution in [0.25, 0.3) is 11.5 Å². The van der Waals surface area contributed by atoms with Crippen molar-refractivity contribution >= 4 is 28.4 Å². The first kappa shape index (κ1) is 23.3. The van der Waals surface area contributed by atoms with Crippen LogP contribution >= 0.6 is 11.3 Å². The number of nitrogens with zero attached hydrogens (tertiary/aromatic N) is 2. The van der Waals surface area contributed by atoms with Gasteiger partial charge in [0.1, 0.15) is 5.00 Å². The molecule has 0 spiro atoms. The second-order valence-electron chi connectivity index (χ2n) is 8.28. The number of thiophene rings is 1. The van der Waals surface area contributed by atoms with E-state index in [1.54, 1.807) is 0 Å². The maximum absolute atomic E-state index is 13.3. The Morgan fingerprint density at radius 2 is 1.91 bits per heavy atom. The Morgan fingerprint density at radius 1 is 1.18 bits per heavy atom. The number of fused-ring (bicyclic) bond motifs is 1. The molecule has 5 rings (SSSR count). The zero-order chi connectivity index (χ0) is 23.8. The van der Waals surface area contributed by atoms with Crippen molar-refractivity contribution in [1.82, 2.24) is 10.1 Å². The molecule has 0 aromatic carbocycles. The van der Waals surface area contributed by atoms with Gasteiger partial charge < -0.3 is 20.1 Å². The van der Waals surface area contributed by atoms with Gasteiger partial charge in [0.15, 0.2) is 5.82 Å². The van der Waals surface area contributed by atoms with E-state index in [-0.39, 0.29) is 25.2 Å². The summed E-state index contributed by atoms with van der Waals surface area (Å²) in [4.78, 5) is 26.3. The number of alkyl halides is 3. The molecular formula is C21H22F3N3O5S. The van der Waals surface area contributed by atoms with Gasteiger partial charge in [-0.25, -0.2) is 4.79 Å². The highest BCUT2D eigenvalue weighted by Gasteiger charge is 2.43. The van der Waals surface area contributed by atoms with Crippen molar-refractivity contribution < 1.29 is 37.5 Å². The predicted octanol–water partition coefficient (Wildman–Crippen LogP) is 5.61. The van der Waals surface area contributed by atoms with E-state index in [1.807, 2.05) is 6.08 Å². The van der Waals surface area contributed by atoms with Crippen LogP contribution < -0.4 is 5.32 Å². The van der Waals surface area contributed by atoms with Crippen molar-refractivity contribution in [2.75, 3.05) is 5.32 Å². The van der Waals surface area contributed by atoms with E-state index < -0.39 is 18.2 Å². The van der Waals surface area contributed by atoms with E-state index in [9.17, 15) is 18.0 Å². The molecular weight excluding hydrogens is 463 g/mol. The van der Waals surface area contributed by atoms with Gasteiger partial charge in [0.05, 0.1) is 11.5 Å². The second kappa shape index (κ2) is 9.16. The van der Waals surface area contributed by atoms with Gasteiger partial charge >= 0.3 is 12.3 Å². The Balaban J connectivity index is 0.000000601. The molecule has 3 aliphatic carbocycles. The Morgan fingerprint density at radius 3 is 2.52 bits per heavy atom. The van der Waals surface area contributed by atoms with E-state index in [4.69, 9.17) is 19.5 Å². The van der Waals surface area contributed by atoms with Crippen LogP contribution in [0.15, 0.2) is 16.2 Å². The zero-order valence-corrected chi connectivity index (χ0v) is 18.3. The maximum Gasteiger partial charge on any atom is 0.503 e. The molecule has 0 radical (unpaired) electrons. The molecule has 1 saturated carbocycles. The topological polar surface area (TPSA) is 126 Å². The lowest BCUT2D eigenvalue weighted by Crippen LogP contribution is -2.28. The number of rotatable bonds is 4. The summed E-state index contributed by atoms with van der Waals surface area (Å²) in [6.07, 6.45) is 0.679. The van der Waals surface area contributed by atoms with E-state index >= 15 is 0 Å².